The van der Waals surface area contributed by atoms with Crippen LogP contribution in [-0.4, -0.2) is 38.6 Å². The molecule has 2 atom stereocenters. The fourth-order valence-electron chi connectivity index (χ4n) is 7.08. The van der Waals surface area contributed by atoms with E-state index in [4.69, 9.17) is 23.7 Å². The van der Waals surface area contributed by atoms with Crippen molar-refractivity contribution in [2.75, 3.05) is 26.4 Å². The van der Waals surface area contributed by atoms with Crippen molar-refractivity contribution in [3.8, 4) is 23.0 Å². The molecule has 224 valence electrons. The lowest BCUT2D eigenvalue weighted by Gasteiger charge is -2.36. The summed E-state index contributed by atoms with van der Waals surface area (Å²) < 4.78 is 32.2. The molecule has 3 aliphatic heterocycles. The summed E-state index contributed by atoms with van der Waals surface area (Å²) in [5.74, 6) is 3.82. The van der Waals surface area contributed by atoms with Crippen LogP contribution in [0.15, 0.2) is 30.3 Å². The third-order valence-corrected chi connectivity index (χ3v) is 9.76. The molecule has 0 spiro atoms. The van der Waals surface area contributed by atoms with Gasteiger partial charge in [0.25, 0.3) is 0 Å². The third kappa shape index (κ3) is 5.31. The van der Waals surface area contributed by atoms with E-state index in [0.717, 1.165) is 95.3 Å². The zero-order valence-corrected chi connectivity index (χ0v) is 26.2. The molecule has 6 rings (SSSR count). The molecule has 2 saturated heterocycles. The van der Waals surface area contributed by atoms with Gasteiger partial charge in [0, 0.05) is 30.3 Å². The standard InChI is InChI=1S/C37H46O5/c1-22-24(3)36-31(26(5)34(22)40-20-29-16-10-12-18-38-29)33(28-14-8-7-9-15-28)32-27(6)35(23(2)25(4)37(32)42-36)41-21-30-17-11-13-19-39-30/h7-9,14-15,29-30,33H,10-13,16-21H2,1-6H3. The van der Waals surface area contributed by atoms with Gasteiger partial charge in [-0.05, 0) is 119 Å². The molecule has 0 radical (unpaired) electrons. The van der Waals surface area contributed by atoms with E-state index < -0.39 is 0 Å². The first kappa shape index (κ1) is 29.1. The molecule has 2 unspecified atom stereocenters. The van der Waals surface area contributed by atoms with E-state index >= 15 is 0 Å². The Labute approximate surface area is 251 Å². The lowest BCUT2D eigenvalue weighted by molar-refractivity contribution is -0.0113. The number of hydrogen-bond donors (Lipinski definition) is 0. The summed E-state index contributed by atoms with van der Waals surface area (Å²) >= 11 is 0. The fraction of sp³-hybridized carbons (Fsp3) is 0.514. The minimum Gasteiger partial charge on any atom is -0.490 e. The molecule has 3 aromatic rings. The topological polar surface area (TPSA) is 46.2 Å². The predicted molar refractivity (Wildman–Crippen MR) is 167 cm³/mol. The largest absolute Gasteiger partial charge is 0.490 e. The molecule has 0 bridgehead atoms. The van der Waals surface area contributed by atoms with Crippen molar-refractivity contribution in [2.24, 2.45) is 0 Å². The van der Waals surface area contributed by atoms with Crippen LogP contribution in [0.4, 0.5) is 0 Å². The van der Waals surface area contributed by atoms with Crippen molar-refractivity contribution in [3.63, 3.8) is 0 Å². The average molecular weight is 571 g/mol. The summed E-state index contributed by atoms with van der Waals surface area (Å²) in [5, 5.41) is 0. The summed E-state index contributed by atoms with van der Waals surface area (Å²) in [6.07, 6.45) is 7.08. The number of benzene rings is 3. The Morgan fingerprint density at radius 2 is 1.07 bits per heavy atom. The highest BCUT2D eigenvalue weighted by Crippen LogP contribution is 2.56. The predicted octanol–water partition coefficient (Wildman–Crippen LogP) is 8.72. The summed E-state index contributed by atoms with van der Waals surface area (Å²) in [6.45, 7) is 15.8. The fourth-order valence-corrected chi connectivity index (χ4v) is 7.08. The van der Waals surface area contributed by atoms with Crippen LogP contribution in [0.5, 0.6) is 23.0 Å². The first-order valence-corrected chi connectivity index (χ1v) is 15.9. The van der Waals surface area contributed by atoms with Crippen molar-refractivity contribution in [1.29, 1.82) is 0 Å². The van der Waals surface area contributed by atoms with Crippen LogP contribution in [0.25, 0.3) is 0 Å². The minimum atomic E-state index is -0.00916. The van der Waals surface area contributed by atoms with Crippen molar-refractivity contribution in [3.05, 3.63) is 80.4 Å². The molecule has 5 nitrogen and oxygen atoms in total. The Morgan fingerprint density at radius 1 is 0.595 bits per heavy atom. The lowest BCUT2D eigenvalue weighted by Crippen LogP contribution is -2.27. The van der Waals surface area contributed by atoms with Crippen molar-refractivity contribution in [2.45, 2.75) is 98.2 Å². The summed E-state index contributed by atoms with van der Waals surface area (Å²) in [7, 11) is 0. The van der Waals surface area contributed by atoms with E-state index in [0.29, 0.717) is 13.2 Å². The van der Waals surface area contributed by atoms with Crippen molar-refractivity contribution >= 4 is 0 Å². The summed E-state index contributed by atoms with van der Waals surface area (Å²) in [6, 6.07) is 10.8. The molecular weight excluding hydrogens is 524 g/mol. The molecule has 0 aromatic heterocycles. The molecule has 2 fully saturated rings. The highest BCUT2D eigenvalue weighted by Gasteiger charge is 2.38. The van der Waals surface area contributed by atoms with Gasteiger partial charge < -0.3 is 23.7 Å². The van der Waals surface area contributed by atoms with Crippen LogP contribution in [0.2, 0.25) is 0 Å². The van der Waals surface area contributed by atoms with Crippen LogP contribution < -0.4 is 14.2 Å². The van der Waals surface area contributed by atoms with Crippen molar-refractivity contribution < 1.29 is 23.7 Å². The Kier molecular flexibility index (Phi) is 8.51. The average Bonchev–Trinajstić information content (AvgIpc) is 3.03. The van der Waals surface area contributed by atoms with Gasteiger partial charge in [0.1, 0.15) is 36.2 Å². The number of hydrogen-bond acceptors (Lipinski definition) is 5. The second kappa shape index (κ2) is 12.3. The zero-order chi connectivity index (χ0) is 29.4. The SMILES string of the molecule is Cc1c(C)c2c(c(C)c1OCC1CCCCO1)C(c1ccccc1)c1c(C)c(OCC3CCCCO3)c(C)c(C)c1O2. The van der Waals surface area contributed by atoms with Gasteiger partial charge in [0.05, 0.1) is 12.2 Å². The second-order valence-electron chi connectivity index (χ2n) is 12.4. The molecule has 3 aromatic carbocycles. The van der Waals surface area contributed by atoms with Gasteiger partial charge in [0.15, 0.2) is 0 Å². The van der Waals surface area contributed by atoms with E-state index in [1.54, 1.807) is 0 Å². The van der Waals surface area contributed by atoms with Crippen LogP contribution >= 0.6 is 0 Å². The molecule has 0 N–H and O–H groups in total. The molecule has 0 saturated carbocycles. The van der Waals surface area contributed by atoms with Gasteiger partial charge in [-0.2, -0.15) is 0 Å². The van der Waals surface area contributed by atoms with E-state index in [2.05, 4.69) is 71.9 Å². The summed E-state index contributed by atoms with van der Waals surface area (Å²) in [4.78, 5) is 0. The van der Waals surface area contributed by atoms with Crippen LogP contribution in [0.3, 0.4) is 0 Å². The van der Waals surface area contributed by atoms with Gasteiger partial charge in [-0.1, -0.05) is 30.3 Å². The zero-order valence-electron chi connectivity index (χ0n) is 26.2. The molecule has 0 aliphatic carbocycles. The number of rotatable bonds is 7. The maximum Gasteiger partial charge on any atom is 0.135 e. The lowest BCUT2D eigenvalue weighted by atomic mass is 9.76. The molecule has 0 amide bonds. The van der Waals surface area contributed by atoms with Gasteiger partial charge in [-0.3, -0.25) is 0 Å². The van der Waals surface area contributed by atoms with Gasteiger partial charge in [-0.15, -0.1) is 0 Å². The van der Waals surface area contributed by atoms with Crippen LogP contribution in [0, 0.1) is 41.5 Å². The van der Waals surface area contributed by atoms with Gasteiger partial charge in [-0.25, -0.2) is 0 Å². The Balaban J connectivity index is 1.47. The Hall–Kier alpha value is -3.02. The molecule has 5 heteroatoms. The normalized spacial score (nSPS) is 21.7. The second-order valence-corrected chi connectivity index (χ2v) is 12.4. The van der Waals surface area contributed by atoms with Crippen molar-refractivity contribution in [1.82, 2.24) is 0 Å². The number of fused-ring (bicyclic) bond motifs is 2. The molecule has 3 aliphatic rings. The van der Waals surface area contributed by atoms with Gasteiger partial charge >= 0.3 is 0 Å². The van der Waals surface area contributed by atoms with E-state index in [-0.39, 0.29) is 18.1 Å². The molecular formula is C37H46O5. The van der Waals surface area contributed by atoms with Gasteiger partial charge in [0.2, 0.25) is 0 Å². The number of ether oxygens (including phenoxy) is 5. The molecule has 42 heavy (non-hydrogen) atoms. The van der Waals surface area contributed by atoms with Crippen LogP contribution in [0.1, 0.15) is 94.5 Å². The third-order valence-electron chi connectivity index (χ3n) is 9.76. The first-order valence-electron chi connectivity index (χ1n) is 15.9. The summed E-state index contributed by atoms with van der Waals surface area (Å²) in [5.41, 5.74) is 10.4. The smallest absolute Gasteiger partial charge is 0.135 e. The van der Waals surface area contributed by atoms with E-state index in [1.807, 2.05) is 0 Å². The highest BCUT2D eigenvalue weighted by atomic mass is 16.5. The highest BCUT2D eigenvalue weighted by molar-refractivity contribution is 5.72. The van der Waals surface area contributed by atoms with E-state index in [1.165, 1.54) is 29.5 Å². The maximum absolute atomic E-state index is 6.95. The maximum atomic E-state index is 6.95. The Morgan fingerprint density at radius 3 is 1.50 bits per heavy atom. The Bertz CT molecular complexity index is 1340. The quantitative estimate of drug-likeness (QED) is 0.222. The van der Waals surface area contributed by atoms with E-state index in [9.17, 15) is 0 Å². The first-order chi connectivity index (χ1) is 20.4. The minimum absolute atomic E-state index is 0.00916. The molecule has 3 heterocycles. The van der Waals surface area contributed by atoms with Crippen LogP contribution in [-0.2, 0) is 9.47 Å². The monoisotopic (exact) mass is 570 g/mol.